The lowest BCUT2D eigenvalue weighted by Gasteiger charge is -2.05. The van der Waals surface area contributed by atoms with E-state index in [9.17, 15) is 8.42 Å². The highest BCUT2D eigenvalue weighted by Crippen LogP contribution is 2.04. The summed E-state index contributed by atoms with van der Waals surface area (Å²) in [7, 11) is -2.84. The molecule has 0 rings (SSSR count). The van der Waals surface area contributed by atoms with Crippen LogP contribution in [-0.2, 0) is 9.84 Å². The van der Waals surface area contributed by atoms with Crippen LogP contribution in [-0.4, -0.2) is 31.6 Å². The quantitative estimate of drug-likeness (QED) is 0.640. The van der Waals surface area contributed by atoms with E-state index in [4.69, 9.17) is 5.11 Å². The van der Waals surface area contributed by atoms with Crippen LogP contribution in [0.4, 0.5) is 0 Å². The van der Waals surface area contributed by atoms with E-state index in [0.717, 1.165) is 6.42 Å². The first-order valence-corrected chi connectivity index (χ1v) is 6.61. The van der Waals surface area contributed by atoms with E-state index in [0.29, 0.717) is 12.8 Å². The summed E-state index contributed by atoms with van der Waals surface area (Å²) in [6, 6.07) is 0. The summed E-state index contributed by atoms with van der Waals surface area (Å²) < 4.78 is 22.7. The standard InChI is InChI=1S/C9H20O3S/c1-9(2)8-13(11,12)7-5-3-4-6-10/h9-10H,3-8H2,1-2H3. The van der Waals surface area contributed by atoms with Gasteiger partial charge in [0.1, 0.15) is 0 Å². The molecular weight excluding hydrogens is 188 g/mol. The van der Waals surface area contributed by atoms with Crippen molar-refractivity contribution in [2.75, 3.05) is 18.1 Å². The van der Waals surface area contributed by atoms with Gasteiger partial charge in [0, 0.05) is 6.61 Å². The third kappa shape index (κ3) is 8.25. The average Bonchev–Trinajstić information content (AvgIpc) is 1.95. The molecule has 3 nitrogen and oxygen atoms in total. The van der Waals surface area contributed by atoms with Crippen molar-refractivity contribution in [1.82, 2.24) is 0 Å². The monoisotopic (exact) mass is 208 g/mol. The van der Waals surface area contributed by atoms with Gasteiger partial charge in [-0.3, -0.25) is 0 Å². The second-order valence-electron chi connectivity index (χ2n) is 3.79. The maximum Gasteiger partial charge on any atom is 0.150 e. The van der Waals surface area contributed by atoms with E-state index in [1.165, 1.54) is 0 Å². The Morgan fingerprint density at radius 3 is 2.23 bits per heavy atom. The zero-order valence-electron chi connectivity index (χ0n) is 8.49. The minimum atomic E-state index is -2.84. The molecule has 0 radical (unpaired) electrons. The van der Waals surface area contributed by atoms with Crippen molar-refractivity contribution >= 4 is 9.84 Å². The van der Waals surface area contributed by atoms with Gasteiger partial charge in [-0.15, -0.1) is 0 Å². The number of aliphatic hydroxyl groups excluding tert-OH is 1. The second kappa shape index (κ2) is 6.38. The SMILES string of the molecule is CC(C)CS(=O)(=O)CCCCCO. The molecule has 0 aromatic rings. The summed E-state index contributed by atoms with van der Waals surface area (Å²) in [5.41, 5.74) is 0. The molecule has 0 aromatic heterocycles. The number of aliphatic hydroxyl groups is 1. The molecular formula is C9H20O3S. The molecule has 0 aromatic carbocycles. The molecule has 1 N–H and O–H groups in total. The van der Waals surface area contributed by atoms with Gasteiger partial charge in [0.25, 0.3) is 0 Å². The van der Waals surface area contributed by atoms with E-state index in [-0.39, 0.29) is 24.0 Å². The van der Waals surface area contributed by atoms with Gasteiger partial charge in [0.15, 0.2) is 9.84 Å². The second-order valence-corrected chi connectivity index (χ2v) is 6.02. The zero-order chi connectivity index (χ0) is 10.3. The van der Waals surface area contributed by atoms with Gasteiger partial charge in [0.2, 0.25) is 0 Å². The summed E-state index contributed by atoms with van der Waals surface area (Å²) in [5.74, 6) is 0.764. The largest absolute Gasteiger partial charge is 0.396 e. The summed E-state index contributed by atoms with van der Waals surface area (Å²) in [6.45, 7) is 3.97. The molecule has 0 saturated carbocycles. The number of hydrogen-bond acceptors (Lipinski definition) is 3. The van der Waals surface area contributed by atoms with Gasteiger partial charge in [-0.1, -0.05) is 20.3 Å². The number of unbranched alkanes of at least 4 members (excludes halogenated alkanes) is 2. The lowest BCUT2D eigenvalue weighted by Crippen LogP contribution is -2.15. The fraction of sp³-hybridized carbons (Fsp3) is 1.00. The molecule has 0 heterocycles. The molecule has 0 saturated heterocycles. The molecule has 0 amide bonds. The Morgan fingerprint density at radius 1 is 1.15 bits per heavy atom. The predicted octanol–water partition coefficient (Wildman–Crippen LogP) is 1.22. The first-order valence-electron chi connectivity index (χ1n) is 4.79. The van der Waals surface area contributed by atoms with Crippen molar-refractivity contribution in [3.8, 4) is 0 Å². The highest BCUT2D eigenvalue weighted by atomic mass is 32.2. The number of hydrogen-bond donors (Lipinski definition) is 1. The Labute approximate surface area is 81.1 Å². The van der Waals surface area contributed by atoms with Crippen LogP contribution in [0.15, 0.2) is 0 Å². The smallest absolute Gasteiger partial charge is 0.150 e. The van der Waals surface area contributed by atoms with Crippen LogP contribution in [0.3, 0.4) is 0 Å². The van der Waals surface area contributed by atoms with Crippen molar-refractivity contribution in [3.63, 3.8) is 0 Å². The first-order chi connectivity index (χ1) is 5.98. The fourth-order valence-electron chi connectivity index (χ4n) is 1.20. The molecule has 0 aliphatic rings. The number of sulfone groups is 1. The molecule has 0 spiro atoms. The van der Waals surface area contributed by atoms with Crippen LogP contribution in [0.1, 0.15) is 33.1 Å². The van der Waals surface area contributed by atoms with Crippen molar-refractivity contribution in [2.24, 2.45) is 5.92 Å². The van der Waals surface area contributed by atoms with Gasteiger partial charge in [-0.05, 0) is 18.8 Å². The lowest BCUT2D eigenvalue weighted by molar-refractivity contribution is 0.284. The van der Waals surface area contributed by atoms with Gasteiger partial charge in [-0.2, -0.15) is 0 Å². The predicted molar refractivity (Wildman–Crippen MR) is 54.4 cm³/mol. The highest BCUT2D eigenvalue weighted by Gasteiger charge is 2.11. The van der Waals surface area contributed by atoms with Crippen LogP contribution in [0, 0.1) is 5.92 Å². The van der Waals surface area contributed by atoms with Gasteiger partial charge < -0.3 is 5.11 Å². The number of rotatable bonds is 7. The Morgan fingerprint density at radius 2 is 1.77 bits per heavy atom. The van der Waals surface area contributed by atoms with E-state index in [1.54, 1.807) is 0 Å². The molecule has 0 bridgehead atoms. The zero-order valence-corrected chi connectivity index (χ0v) is 9.31. The van der Waals surface area contributed by atoms with Crippen LogP contribution in [0.5, 0.6) is 0 Å². The third-order valence-corrected chi connectivity index (χ3v) is 3.79. The van der Waals surface area contributed by atoms with Crippen molar-refractivity contribution in [2.45, 2.75) is 33.1 Å². The maximum absolute atomic E-state index is 11.3. The highest BCUT2D eigenvalue weighted by molar-refractivity contribution is 7.91. The van der Waals surface area contributed by atoms with Gasteiger partial charge in [0.05, 0.1) is 11.5 Å². The first kappa shape index (κ1) is 12.9. The van der Waals surface area contributed by atoms with Crippen LogP contribution in [0.25, 0.3) is 0 Å². The molecule has 80 valence electrons. The minimum absolute atomic E-state index is 0.157. The van der Waals surface area contributed by atoms with E-state index >= 15 is 0 Å². The fourth-order valence-corrected chi connectivity index (χ4v) is 3.03. The van der Waals surface area contributed by atoms with Gasteiger partial charge in [-0.25, -0.2) is 8.42 Å². The molecule has 0 atom stereocenters. The Kier molecular flexibility index (Phi) is 6.33. The summed E-state index contributed by atoms with van der Waals surface area (Å²) in [6.07, 6.45) is 2.18. The normalized spacial score (nSPS) is 12.3. The van der Waals surface area contributed by atoms with E-state index in [2.05, 4.69) is 0 Å². The summed E-state index contributed by atoms with van der Waals surface area (Å²) in [5, 5.41) is 8.49. The molecule has 4 heteroatoms. The molecule has 0 unspecified atom stereocenters. The summed E-state index contributed by atoms with van der Waals surface area (Å²) in [4.78, 5) is 0. The van der Waals surface area contributed by atoms with Crippen LogP contribution in [0.2, 0.25) is 0 Å². The molecule has 13 heavy (non-hydrogen) atoms. The average molecular weight is 208 g/mol. The van der Waals surface area contributed by atoms with Crippen molar-refractivity contribution < 1.29 is 13.5 Å². The third-order valence-electron chi connectivity index (χ3n) is 1.70. The topological polar surface area (TPSA) is 54.4 Å². The summed E-state index contributed by atoms with van der Waals surface area (Å²) >= 11 is 0. The van der Waals surface area contributed by atoms with Gasteiger partial charge >= 0.3 is 0 Å². The van der Waals surface area contributed by atoms with Crippen LogP contribution < -0.4 is 0 Å². The maximum atomic E-state index is 11.3. The van der Waals surface area contributed by atoms with Crippen molar-refractivity contribution in [3.05, 3.63) is 0 Å². The lowest BCUT2D eigenvalue weighted by atomic mass is 10.3. The van der Waals surface area contributed by atoms with Crippen molar-refractivity contribution in [1.29, 1.82) is 0 Å². The van der Waals surface area contributed by atoms with E-state index in [1.807, 2.05) is 13.8 Å². The molecule has 0 fully saturated rings. The van der Waals surface area contributed by atoms with Crippen LogP contribution >= 0.6 is 0 Å². The Hall–Kier alpha value is -0.0900. The molecule has 0 aliphatic carbocycles. The molecule has 0 aliphatic heterocycles. The Bertz CT molecular complexity index is 207. The minimum Gasteiger partial charge on any atom is -0.396 e. The van der Waals surface area contributed by atoms with E-state index < -0.39 is 9.84 Å². The Balaban J connectivity index is 3.64.